The molecular formula is C23H32Cl2N2O2. The topological polar surface area (TPSA) is 33.7 Å². The molecule has 0 spiro atoms. The molecule has 1 heterocycles. The van der Waals surface area contributed by atoms with Crippen LogP contribution in [0.5, 0.6) is 11.5 Å². The van der Waals surface area contributed by atoms with E-state index in [0.29, 0.717) is 12.6 Å². The second-order valence-electron chi connectivity index (χ2n) is 7.61. The van der Waals surface area contributed by atoms with E-state index in [2.05, 4.69) is 40.5 Å². The highest BCUT2D eigenvalue weighted by Gasteiger charge is 2.34. The Morgan fingerprint density at radius 3 is 2.34 bits per heavy atom. The molecule has 1 atom stereocenters. The molecule has 160 valence electrons. The molecule has 2 aliphatic rings. The molecule has 4 rings (SSSR count). The van der Waals surface area contributed by atoms with E-state index in [0.717, 1.165) is 49.2 Å². The third-order valence-corrected chi connectivity index (χ3v) is 5.91. The molecule has 1 N–H and O–H groups in total. The number of hydrogen-bond donors (Lipinski definition) is 1. The minimum atomic E-state index is 0. The van der Waals surface area contributed by atoms with Crippen molar-refractivity contribution in [2.24, 2.45) is 5.92 Å². The second-order valence-corrected chi connectivity index (χ2v) is 7.61. The van der Waals surface area contributed by atoms with Gasteiger partial charge in [0.05, 0.1) is 7.11 Å². The lowest BCUT2D eigenvalue weighted by atomic mass is 9.76. The number of ether oxygens (including phenoxy) is 2. The molecule has 29 heavy (non-hydrogen) atoms. The number of rotatable bonds is 7. The first kappa shape index (κ1) is 23.8. The highest BCUT2D eigenvalue weighted by atomic mass is 35.5. The molecule has 0 amide bonds. The summed E-state index contributed by atoms with van der Waals surface area (Å²) in [6.07, 6.45) is 4.04. The summed E-state index contributed by atoms with van der Waals surface area (Å²) in [5, 5.41) is 3.47. The fraction of sp³-hybridized carbons (Fsp3) is 0.478. The zero-order valence-electron chi connectivity index (χ0n) is 17.0. The normalized spacial score (nSPS) is 18.0. The third kappa shape index (κ3) is 5.79. The van der Waals surface area contributed by atoms with Crippen molar-refractivity contribution in [3.8, 4) is 11.5 Å². The number of nitrogens with one attached hydrogen (secondary N) is 1. The summed E-state index contributed by atoms with van der Waals surface area (Å²) in [7, 11) is 1.73. The van der Waals surface area contributed by atoms with Gasteiger partial charge in [0, 0.05) is 32.2 Å². The highest BCUT2D eigenvalue weighted by Crippen LogP contribution is 2.43. The Labute approximate surface area is 186 Å². The summed E-state index contributed by atoms with van der Waals surface area (Å²) in [4.78, 5) is 2.65. The molecule has 1 aliphatic carbocycles. The highest BCUT2D eigenvalue weighted by molar-refractivity contribution is 5.85. The Bertz CT molecular complexity index is 735. The molecule has 0 aromatic heterocycles. The molecule has 2 fully saturated rings. The van der Waals surface area contributed by atoms with E-state index in [9.17, 15) is 0 Å². The van der Waals surface area contributed by atoms with Crippen LogP contribution in [0.2, 0.25) is 0 Å². The first-order valence-corrected chi connectivity index (χ1v) is 10.1. The van der Waals surface area contributed by atoms with Crippen LogP contribution in [0.3, 0.4) is 0 Å². The van der Waals surface area contributed by atoms with Crippen LogP contribution in [0.15, 0.2) is 48.5 Å². The predicted molar refractivity (Wildman–Crippen MR) is 123 cm³/mol. The zero-order chi connectivity index (χ0) is 18.5. The van der Waals surface area contributed by atoms with Crippen LogP contribution in [0.25, 0.3) is 0 Å². The van der Waals surface area contributed by atoms with Gasteiger partial charge in [0.15, 0.2) is 11.5 Å². The molecule has 4 nitrogen and oxygen atoms in total. The van der Waals surface area contributed by atoms with E-state index in [-0.39, 0.29) is 24.8 Å². The van der Waals surface area contributed by atoms with Crippen LogP contribution >= 0.6 is 24.8 Å². The summed E-state index contributed by atoms with van der Waals surface area (Å²) in [5.74, 6) is 2.42. The zero-order valence-corrected chi connectivity index (χ0v) is 18.6. The minimum Gasteiger partial charge on any atom is -0.493 e. The van der Waals surface area contributed by atoms with E-state index in [1.165, 1.54) is 24.8 Å². The lowest BCUT2D eigenvalue weighted by Gasteiger charge is -2.43. The monoisotopic (exact) mass is 438 g/mol. The SMILES string of the molecule is COc1cc([C@@H](C2CCC2)N2CCNCC2)ccc1OCc1ccccc1.Cl.Cl. The quantitative estimate of drug-likeness (QED) is 0.668. The van der Waals surface area contributed by atoms with Crippen molar-refractivity contribution in [1.82, 2.24) is 10.2 Å². The Hall–Kier alpha value is -1.46. The van der Waals surface area contributed by atoms with Crippen LogP contribution < -0.4 is 14.8 Å². The van der Waals surface area contributed by atoms with Crippen molar-refractivity contribution in [3.63, 3.8) is 0 Å². The van der Waals surface area contributed by atoms with Crippen molar-refractivity contribution in [2.45, 2.75) is 31.9 Å². The van der Waals surface area contributed by atoms with E-state index in [4.69, 9.17) is 9.47 Å². The van der Waals surface area contributed by atoms with Crippen LogP contribution in [0.4, 0.5) is 0 Å². The summed E-state index contributed by atoms with van der Waals surface area (Å²) in [6.45, 7) is 4.96. The standard InChI is InChI=1S/C23H30N2O2.2ClH/c1-26-22-16-20(10-11-21(22)27-17-18-6-3-2-4-7-18)23(19-8-5-9-19)25-14-12-24-13-15-25;;/h2-4,6-7,10-11,16,19,23-24H,5,8-9,12-15,17H2,1H3;2*1H/t23-;;/m1../s1. The van der Waals surface area contributed by atoms with Gasteiger partial charge in [-0.1, -0.05) is 42.8 Å². The fourth-order valence-corrected chi connectivity index (χ4v) is 4.22. The molecule has 0 radical (unpaired) electrons. The van der Waals surface area contributed by atoms with Crippen LogP contribution in [0.1, 0.15) is 36.4 Å². The maximum atomic E-state index is 6.05. The van der Waals surface area contributed by atoms with Gasteiger partial charge in [-0.3, -0.25) is 4.90 Å². The average molecular weight is 439 g/mol. The number of hydrogen-bond acceptors (Lipinski definition) is 4. The fourth-order valence-electron chi connectivity index (χ4n) is 4.22. The van der Waals surface area contributed by atoms with Gasteiger partial charge < -0.3 is 14.8 Å². The van der Waals surface area contributed by atoms with Crippen molar-refractivity contribution in [3.05, 3.63) is 59.7 Å². The second kappa shape index (κ2) is 11.7. The number of benzene rings is 2. The average Bonchev–Trinajstić information content (AvgIpc) is 2.70. The number of methoxy groups -OCH3 is 1. The van der Waals surface area contributed by atoms with Crippen LogP contribution in [-0.4, -0.2) is 38.2 Å². The van der Waals surface area contributed by atoms with Gasteiger partial charge >= 0.3 is 0 Å². The molecule has 0 unspecified atom stereocenters. The Morgan fingerprint density at radius 1 is 1.00 bits per heavy atom. The Kier molecular flexibility index (Phi) is 9.57. The van der Waals surface area contributed by atoms with E-state index in [1.807, 2.05) is 18.2 Å². The lowest BCUT2D eigenvalue weighted by molar-refractivity contribution is 0.0835. The van der Waals surface area contributed by atoms with Gasteiger partial charge in [-0.15, -0.1) is 24.8 Å². The van der Waals surface area contributed by atoms with Gasteiger partial charge in [0.1, 0.15) is 6.61 Å². The van der Waals surface area contributed by atoms with Gasteiger partial charge in [-0.2, -0.15) is 0 Å². The number of nitrogens with zero attached hydrogens (tertiary/aromatic N) is 1. The summed E-state index contributed by atoms with van der Waals surface area (Å²) >= 11 is 0. The Morgan fingerprint density at radius 2 is 1.72 bits per heavy atom. The van der Waals surface area contributed by atoms with Gasteiger partial charge in [-0.25, -0.2) is 0 Å². The van der Waals surface area contributed by atoms with Crippen molar-refractivity contribution >= 4 is 24.8 Å². The molecule has 1 saturated carbocycles. The largest absolute Gasteiger partial charge is 0.493 e. The van der Waals surface area contributed by atoms with Crippen LogP contribution in [-0.2, 0) is 6.61 Å². The van der Waals surface area contributed by atoms with Gasteiger partial charge in [0.2, 0.25) is 0 Å². The van der Waals surface area contributed by atoms with Crippen molar-refractivity contribution in [2.75, 3.05) is 33.3 Å². The maximum absolute atomic E-state index is 6.05. The van der Waals surface area contributed by atoms with E-state index >= 15 is 0 Å². The molecule has 1 saturated heterocycles. The van der Waals surface area contributed by atoms with Crippen LogP contribution in [0, 0.1) is 5.92 Å². The number of piperazine rings is 1. The molecule has 2 aromatic carbocycles. The maximum Gasteiger partial charge on any atom is 0.161 e. The first-order chi connectivity index (χ1) is 13.3. The van der Waals surface area contributed by atoms with E-state index < -0.39 is 0 Å². The summed E-state index contributed by atoms with van der Waals surface area (Å²) < 4.78 is 11.7. The lowest BCUT2D eigenvalue weighted by Crippen LogP contribution is -2.47. The smallest absolute Gasteiger partial charge is 0.161 e. The van der Waals surface area contributed by atoms with Crippen molar-refractivity contribution in [1.29, 1.82) is 0 Å². The van der Waals surface area contributed by atoms with Crippen molar-refractivity contribution < 1.29 is 9.47 Å². The molecule has 1 aliphatic heterocycles. The van der Waals surface area contributed by atoms with Gasteiger partial charge in [0.25, 0.3) is 0 Å². The predicted octanol–water partition coefficient (Wildman–Crippen LogP) is 4.86. The summed E-state index contributed by atoms with van der Waals surface area (Å²) in [5.41, 5.74) is 2.53. The Balaban J connectivity index is 0.00000150. The first-order valence-electron chi connectivity index (χ1n) is 10.1. The summed E-state index contributed by atoms with van der Waals surface area (Å²) in [6, 6.07) is 17.3. The molecule has 0 bridgehead atoms. The molecule has 6 heteroatoms. The third-order valence-electron chi connectivity index (χ3n) is 5.91. The minimum absolute atomic E-state index is 0. The number of halogens is 2. The molecular weight excluding hydrogens is 407 g/mol. The van der Waals surface area contributed by atoms with E-state index in [1.54, 1.807) is 7.11 Å². The molecule has 2 aromatic rings. The van der Waals surface area contributed by atoms with Gasteiger partial charge in [-0.05, 0) is 42.0 Å².